The molecule has 0 radical (unpaired) electrons. The molecule has 0 aliphatic rings. The molecule has 19 heavy (non-hydrogen) atoms. The van der Waals surface area contributed by atoms with Crippen LogP contribution in [-0.2, 0) is 0 Å². The van der Waals surface area contributed by atoms with E-state index in [0.717, 1.165) is 12.8 Å². The van der Waals surface area contributed by atoms with E-state index in [-0.39, 0.29) is 12.6 Å². The standard InChI is InChI=1S/C13H22N4O2/c1-3-7-13(19,8-4-2)10-14-12(18)16-11-6-5-9-15-17-11/h5-6,9,19H,3-4,7-8,10H2,1-2H3,(H2,14,16,17,18). The number of rotatable bonds is 7. The van der Waals surface area contributed by atoms with Crippen LogP contribution in [-0.4, -0.2) is 33.5 Å². The van der Waals surface area contributed by atoms with Crippen molar-refractivity contribution < 1.29 is 9.90 Å². The Morgan fingerprint density at radius 2 is 2.05 bits per heavy atom. The summed E-state index contributed by atoms with van der Waals surface area (Å²) in [6.45, 7) is 4.27. The summed E-state index contributed by atoms with van der Waals surface area (Å²) in [4.78, 5) is 11.7. The van der Waals surface area contributed by atoms with E-state index < -0.39 is 5.60 Å². The Balaban J connectivity index is 2.43. The van der Waals surface area contributed by atoms with Crippen molar-refractivity contribution in [2.45, 2.75) is 45.1 Å². The fraction of sp³-hybridized carbons (Fsp3) is 0.615. The Labute approximate surface area is 113 Å². The van der Waals surface area contributed by atoms with Crippen molar-refractivity contribution in [3.63, 3.8) is 0 Å². The molecule has 6 heteroatoms. The number of hydrogen-bond donors (Lipinski definition) is 3. The molecule has 0 aliphatic carbocycles. The summed E-state index contributed by atoms with van der Waals surface area (Å²) in [6.07, 6.45) is 4.64. The summed E-state index contributed by atoms with van der Waals surface area (Å²) in [5, 5.41) is 23.0. The highest BCUT2D eigenvalue weighted by molar-refractivity contribution is 5.88. The van der Waals surface area contributed by atoms with Gasteiger partial charge in [-0.05, 0) is 25.0 Å². The Hall–Kier alpha value is -1.69. The zero-order valence-electron chi connectivity index (χ0n) is 11.5. The number of nitrogens with zero attached hydrogens (tertiary/aromatic N) is 2. The third-order valence-electron chi connectivity index (χ3n) is 2.82. The van der Waals surface area contributed by atoms with Gasteiger partial charge in [0.1, 0.15) is 0 Å². The molecule has 0 bridgehead atoms. The van der Waals surface area contributed by atoms with Gasteiger partial charge in [-0.15, -0.1) is 5.10 Å². The van der Waals surface area contributed by atoms with Crippen LogP contribution in [0, 0.1) is 0 Å². The van der Waals surface area contributed by atoms with Crippen molar-refractivity contribution in [2.24, 2.45) is 0 Å². The number of aliphatic hydroxyl groups is 1. The van der Waals surface area contributed by atoms with Crippen molar-refractivity contribution in [3.05, 3.63) is 18.3 Å². The zero-order valence-corrected chi connectivity index (χ0v) is 11.5. The number of nitrogens with one attached hydrogen (secondary N) is 2. The average molecular weight is 266 g/mol. The van der Waals surface area contributed by atoms with Crippen LogP contribution in [0.4, 0.5) is 10.6 Å². The quantitative estimate of drug-likeness (QED) is 0.703. The van der Waals surface area contributed by atoms with E-state index in [4.69, 9.17) is 0 Å². The van der Waals surface area contributed by atoms with Crippen LogP contribution < -0.4 is 10.6 Å². The lowest BCUT2D eigenvalue weighted by Crippen LogP contribution is -2.44. The molecule has 1 aromatic heterocycles. The highest BCUT2D eigenvalue weighted by Crippen LogP contribution is 2.18. The van der Waals surface area contributed by atoms with E-state index in [1.165, 1.54) is 6.20 Å². The molecule has 0 saturated carbocycles. The largest absolute Gasteiger partial charge is 0.388 e. The Bertz CT molecular complexity index is 377. The number of hydrogen-bond acceptors (Lipinski definition) is 4. The number of aromatic nitrogens is 2. The number of carbonyl (C=O) groups is 1. The smallest absolute Gasteiger partial charge is 0.320 e. The minimum atomic E-state index is -0.830. The molecule has 0 atom stereocenters. The van der Waals surface area contributed by atoms with Gasteiger partial charge in [-0.25, -0.2) is 4.79 Å². The Kier molecular flexibility index (Phi) is 6.21. The van der Waals surface area contributed by atoms with Gasteiger partial charge in [0.25, 0.3) is 0 Å². The van der Waals surface area contributed by atoms with E-state index in [1.54, 1.807) is 12.1 Å². The van der Waals surface area contributed by atoms with Crippen molar-refractivity contribution in [3.8, 4) is 0 Å². The second-order valence-electron chi connectivity index (χ2n) is 4.64. The molecule has 1 aromatic rings. The predicted molar refractivity (Wildman–Crippen MR) is 73.8 cm³/mol. The SMILES string of the molecule is CCCC(O)(CCC)CNC(=O)Nc1cccnn1. The van der Waals surface area contributed by atoms with Gasteiger partial charge in [-0.1, -0.05) is 26.7 Å². The maximum Gasteiger partial charge on any atom is 0.320 e. The van der Waals surface area contributed by atoms with Gasteiger partial charge >= 0.3 is 6.03 Å². The first-order valence-corrected chi connectivity index (χ1v) is 6.64. The van der Waals surface area contributed by atoms with E-state index in [9.17, 15) is 9.90 Å². The number of carbonyl (C=O) groups excluding carboxylic acids is 1. The molecular weight excluding hydrogens is 244 g/mol. The fourth-order valence-electron chi connectivity index (χ4n) is 2.01. The molecule has 0 spiro atoms. The average Bonchev–Trinajstić information content (AvgIpc) is 2.38. The molecule has 1 rings (SSSR count). The Morgan fingerprint density at radius 3 is 2.58 bits per heavy atom. The molecule has 0 aliphatic heterocycles. The lowest BCUT2D eigenvalue weighted by molar-refractivity contribution is 0.0245. The van der Waals surface area contributed by atoms with Gasteiger partial charge in [0.05, 0.1) is 5.60 Å². The van der Waals surface area contributed by atoms with Crippen LogP contribution >= 0.6 is 0 Å². The molecule has 0 aromatic carbocycles. The fourth-order valence-corrected chi connectivity index (χ4v) is 2.01. The molecular formula is C13H22N4O2. The summed E-state index contributed by atoms with van der Waals surface area (Å²) < 4.78 is 0. The summed E-state index contributed by atoms with van der Waals surface area (Å²) in [5.41, 5.74) is -0.830. The summed E-state index contributed by atoms with van der Waals surface area (Å²) in [6, 6.07) is 2.95. The highest BCUT2D eigenvalue weighted by atomic mass is 16.3. The van der Waals surface area contributed by atoms with Gasteiger partial charge in [-0.2, -0.15) is 5.10 Å². The van der Waals surface area contributed by atoms with Gasteiger partial charge < -0.3 is 10.4 Å². The molecule has 106 valence electrons. The van der Waals surface area contributed by atoms with E-state index in [0.29, 0.717) is 18.7 Å². The van der Waals surface area contributed by atoms with Crippen LogP contribution in [0.2, 0.25) is 0 Å². The second-order valence-corrected chi connectivity index (χ2v) is 4.64. The van der Waals surface area contributed by atoms with Crippen molar-refractivity contribution in [1.82, 2.24) is 15.5 Å². The highest BCUT2D eigenvalue weighted by Gasteiger charge is 2.25. The van der Waals surface area contributed by atoms with Gasteiger partial charge in [0, 0.05) is 12.7 Å². The maximum absolute atomic E-state index is 11.7. The van der Waals surface area contributed by atoms with Crippen LogP contribution in [0.5, 0.6) is 0 Å². The van der Waals surface area contributed by atoms with Gasteiger partial charge in [0.2, 0.25) is 0 Å². The minimum Gasteiger partial charge on any atom is -0.388 e. The molecule has 3 N–H and O–H groups in total. The molecule has 0 unspecified atom stereocenters. The van der Waals surface area contributed by atoms with Crippen LogP contribution in [0.1, 0.15) is 39.5 Å². The molecule has 1 heterocycles. The normalized spacial score (nSPS) is 11.1. The molecule has 2 amide bonds. The predicted octanol–water partition coefficient (Wildman–Crippen LogP) is 1.93. The maximum atomic E-state index is 11.7. The summed E-state index contributed by atoms with van der Waals surface area (Å²) in [5.74, 6) is 0.384. The van der Waals surface area contributed by atoms with Crippen LogP contribution in [0.3, 0.4) is 0 Å². The first kappa shape index (κ1) is 15.4. The number of anilines is 1. The number of urea groups is 1. The van der Waals surface area contributed by atoms with E-state index >= 15 is 0 Å². The summed E-state index contributed by atoms with van der Waals surface area (Å²) in [7, 11) is 0. The molecule has 0 fully saturated rings. The third kappa shape index (κ3) is 5.65. The third-order valence-corrected chi connectivity index (χ3v) is 2.82. The monoisotopic (exact) mass is 266 g/mol. The Morgan fingerprint density at radius 1 is 1.37 bits per heavy atom. The first-order valence-electron chi connectivity index (χ1n) is 6.64. The van der Waals surface area contributed by atoms with Crippen LogP contribution in [0.15, 0.2) is 18.3 Å². The summed E-state index contributed by atoms with van der Waals surface area (Å²) >= 11 is 0. The second kappa shape index (κ2) is 7.68. The van der Waals surface area contributed by atoms with Crippen molar-refractivity contribution in [2.75, 3.05) is 11.9 Å². The molecule has 6 nitrogen and oxygen atoms in total. The van der Waals surface area contributed by atoms with Gasteiger partial charge in [0.15, 0.2) is 5.82 Å². The van der Waals surface area contributed by atoms with E-state index in [1.807, 2.05) is 13.8 Å². The van der Waals surface area contributed by atoms with Crippen molar-refractivity contribution in [1.29, 1.82) is 0 Å². The lowest BCUT2D eigenvalue weighted by atomic mass is 9.93. The topological polar surface area (TPSA) is 87.1 Å². The van der Waals surface area contributed by atoms with E-state index in [2.05, 4.69) is 20.8 Å². The van der Waals surface area contributed by atoms with Gasteiger partial charge in [-0.3, -0.25) is 5.32 Å². The number of amides is 2. The first-order chi connectivity index (χ1) is 9.09. The minimum absolute atomic E-state index is 0.237. The zero-order chi connectivity index (χ0) is 14.1. The van der Waals surface area contributed by atoms with Crippen molar-refractivity contribution >= 4 is 11.8 Å². The molecule has 0 saturated heterocycles. The lowest BCUT2D eigenvalue weighted by Gasteiger charge is -2.27. The van der Waals surface area contributed by atoms with Crippen LogP contribution in [0.25, 0.3) is 0 Å².